The molecule has 0 aliphatic heterocycles. The number of hydrogen-bond donors (Lipinski definition) is 0. The monoisotopic (exact) mass is 240 g/mol. The molecule has 0 aliphatic rings. The van der Waals surface area contributed by atoms with Crippen molar-refractivity contribution >= 4 is 12.3 Å². The van der Waals surface area contributed by atoms with Crippen molar-refractivity contribution in [1.82, 2.24) is 0 Å². The van der Waals surface area contributed by atoms with Gasteiger partial charge in [-0.15, -0.1) is 0 Å². The molecule has 0 spiro atoms. The van der Waals surface area contributed by atoms with Crippen molar-refractivity contribution in [2.75, 3.05) is 14.2 Å². The van der Waals surface area contributed by atoms with Crippen LogP contribution in [-0.4, -0.2) is 26.5 Å². The van der Waals surface area contributed by atoms with E-state index in [-0.39, 0.29) is 12.2 Å². The van der Waals surface area contributed by atoms with E-state index in [1.54, 1.807) is 0 Å². The van der Waals surface area contributed by atoms with Crippen LogP contribution in [-0.2, 0) is 14.3 Å². The Balaban J connectivity index is 3.06. The zero-order valence-electron chi connectivity index (χ0n) is 9.60. The molecule has 4 nitrogen and oxygen atoms in total. The topological polar surface area (TPSA) is 52.6 Å². The lowest BCUT2D eigenvalue weighted by molar-refractivity contribution is -0.143. The fraction of sp³-hybridized carbons (Fsp3) is 0.333. The van der Waals surface area contributed by atoms with Crippen LogP contribution >= 0.6 is 0 Å². The zero-order chi connectivity index (χ0) is 12.8. The second-order valence-corrected chi connectivity index (χ2v) is 3.37. The van der Waals surface area contributed by atoms with Crippen LogP contribution in [0.25, 0.3) is 0 Å². The van der Waals surface area contributed by atoms with E-state index in [1.165, 1.54) is 32.4 Å². The van der Waals surface area contributed by atoms with E-state index in [0.29, 0.717) is 11.8 Å². The van der Waals surface area contributed by atoms with Crippen LogP contribution in [0.5, 0.6) is 5.75 Å². The zero-order valence-corrected chi connectivity index (χ0v) is 9.60. The maximum Gasteiger partial charge on any atom is 0.313 e. The first-order valence-corrected chi connectivity index (χ1v) is 4.99. The number of ether oxygens (including phenoxy) is 2. The smallest absolute Gasteiger partial charge is 0.313 e. The molecule has 0 aliphatic carbocycles. The predicted molar refractivity (Wildman–Crippen MR) is 58.4 cm³/mol. The third-order valence-electron chi connectivity index (χ3n) is 2.40. The summed E-state index contributed by atoms with van der Waals surface area (Å²) >= 11 is 0. The number of methoxy groups -OCH3 is 2. The second-order valence-electron chi connectivity index (χ2n) is 3.37. The molecule has 1 unspecified atom stereocenters. The van der Waals surface area contributed by atoms with Crippen LogP contribution < -0.4 is 4.74 Å². The summed E-state index contributed by atoms with van der Waals surface area (Å²) in [5.74, 6) is -1.84. The van der Waals surface area contributed by atoms with E-state index in [4.69, 9.17) is 4.74 Å². The summed E-state index contributed by atoms with van der Waals surface area (Å²) in [7, 11) is 2.57. The van der Waals surface area contributed by atoms with Gasteiger partial charge < -0.3 is 14.3 Å². The molecule has 0 aromatic heterocycles. The number of rotatable bonds is 5. The maximum absolute atomic E-state index is 13.5. The largest absolute Gasteiger partial charge is 0.494 e. The SMILES string of the molecule is COC(=O)C(CC=O)c1ccc(OC)c(F)c1. The first kappa shape index (κ1) is 13.2. The Labute approximate surface area is 98.3 Å². The molecule has 0 amide bonds. The minimum atomic E-state index is -0.780. The van der Waals surface area contributed by atoms with Crippen molar-refractivity contribution in [3.8, 4) is 5.75 Å². The third-order valence-corrected chi connectivity index (χ3v) is 2.40. The molecule has 92 valence electrons. The Hall–Kier alpha value is -1.91. The van der Waals surface area contributed by atoms with Crippen molar-refractivity contribution in [2.45, 2.75) is 12.3 Å². The molecule has 1 atom stereocenters. The fourth-order valence-corrected chi connectivity index (χ4v) is 1.51. The Kier molecular flexibility index (Phi) is 4.63. The van der Waals surface area contributed by atoms with Crippen molar-refractivity contribution in [1.29, 1.82) is 0 Å². The molecule has 1 aromatic rings. The van der Waals surface area contributed by atoms with Crippen LogP contribution in [0, 0.1) is 5.82 Å². The number of aldehydes is 1. The first-order valence-electron chi connectivity index (χ1n) is 4.99. The summed E-state index contributed by atoms with van der Waals surface area (Å²) < 4.78 is 22.8. The molecule has 0 saturated heterocycles. The van der Waals surface area contributed by atoms with Crippen LogP contribution in [0.2, 0.25) is 0 Å². The number of hydrogen-bond acceptors (Lipinski definition) is 4. The van der Waals surface area contributed by atoms with Crippen LogP contribution in [0.1, 0.15) is 17.9 Å². The van der Waals surface area contributed by atoms with Crippen LogP contribution in [0.15, 0.2) is 18.2 Å². The van der Waals surface area contributed by atoms with Gasteiger partial charge >= 0.3 is 5.97 Å². The van der Waals surface area contributed by atoms with Gasteiger partial charge in [-0.05, 0) is 17.7 Å². The average molecular weight is 240 g/mol. The van der Waals surface area contributed by atoms with Gasteiger partial charge in [0.05, 0.1) is 20.1 Å². The Morgan fingerprint density at radius 3 is 2.65 bits per heavy atom. The lowest BCUT2D eigenvalue weighted by atomic mass is 9.96. The molecule has 0 heterocycles. The van der Waals surface area contributed by atoms with Crippen LogP contribution in [0.4, 0.5) is 4.39 Å². The molecule has 0 radical (unpaired) electrons. The highest BCUT2D eigenvalue weighted by Gasteiger charge is 2.22. The Morgan fingerprint density at radius 1 is 1.47 bits per heavy atom. The highest BCUT2D eigenvalue weighted by molar-refractivity contribution is 5.81. The molecule has 0 fully saturated rings. The fourth-order valence-electron chi connectivity index (χ4n) is 1.51. The summed E-state index contributed by atoms with van der Waals surface area (Å²) in [6.45, 7) is 0. The summed E-state index contributed by atoms with van der Waals surface area (Å²) in [5, 5.41) is 0. The molecule has 0 N–H and O–H groups in total. The highest BCUT2D eigenvalue weighted by atomic mass is 19.1. The summed E-state index contributed by atoms with van der Waals surface area (Å²) in [5.41, 5.74) is 0.391. The van der Waals surface area contributed by atoms with Crippen molar-refractivity contribution in [2.24, 2.45) is 0 Å². The average Bonchev–Trinajstić information content (AvgIpc) is 2.35. The van der Waals surface area contributed by atoms with Gasteiger partial charge in [-0.25, -0.2) is 4.39 Å². The van der Waals surface area contributed by atoms with Gasteiger partial charge in [0.1, 0.15) is 6.29 Å². The second kappa shape index (κ2) is 5.98. The van der Waals surface area contributed by atoms with Gasteiger partial charge in [-0.1, -0.05) is 6.07 Å². The number of benzene rings is 1. The van der Waals surface area contributed by atoms with Gasteiger partial charge in [0.15, 0.2) is 11.6 Å². The van der Waals surface area contributed by atoms with E-state index in [2.05, 4.69) is 4.74 Å². The lowest BCUT2D eigenvalue weighted by Crippen LogP contribution is -2.15. The molecule has 1 rings (SSSR count). The minimum absolute atomic E-state index is 0.0432. The van der Waals surface area contributed by atoms with E-state index < -0.39 is 17.7 Å². The minimum Gasteiger partial charge on any atom is -0.494 e. The Bertz CT molecular complexity index is 417. The molecular weight excluding hydrogens is 227 g/mol. The summed E-state index contributed by atoms with van der Waals surface area (Å²) in [6, 6.07) is 4.11. The number of carbonyl (C=O) groups excluding carboxylic acids is 2. The quantitative estimate of drug-likeness (QED) is 0.580. The molecular formula is C12H13FO4. The predicted octanol–water partition coefficient (Wildman–Crippen LogP) is 1.68. The molecule has 1 aromatic carbocycles. The Morgan fingerprint density at radius 2 is 2.18 bits per heavy atom. The number of carbonyl (C=O) groups is 2. The standard InChI is InChI=1S/C12H13FO4/c1-16-11-4-3-8(7-10(11)13)9(5-6-14)12(15)17-2/h3-4,6-7,9H,5H2,1-2H3. The molecule has 0 bridgehead atoms. The highest BCUT2D eigenvalue weighted by Crippen LogP contribution is 2.25. The van der Waals surface area contributed by atoms with Crippen molar-refractivity contribution < 1.29 is 23.5 Å². The summed E-state index contributed by atoms with van der Waals surface area (Å²) in [4.78, 5) is 21.9. The molecule has 0 saturated carbocycles. The van der Waals surface area contributed by atoms with Gasteiger partial charge in [-0.2, -0.15) is 0 Å². The van der Waals surface area contributed by atoms with Crippen LogP contribution in [0.3, 0.4) is 0 Å². The van der Waals surface area contributed by atoms with E-state index >= 15 is 0 Å². The first-order chi connectivity index (χ1) is 8.13. The van der Waals surface area contributed by atoms with E-state index in [9.17, 15) is 14.0 Å². The van der Waals surface area contributed by atoms with Crippen molar-refractivity contribution in [3.05, 3.63) is 29.6 Å². The maximum atomic E-state index is 13.5. The number of halogens is 1. The van der Waals surface area contributed by atoms with E-state index in [0.717, 1.165) is 0 Å². The van der Waals surface area contributed by atoms with Gasteiger partial charge in [-0.3, -0.25) is 4.79 Å². The van der Waals surface area contributed by atoms with Gasteiger partial charge in [0.2, 0.25) is 0 Å². The molecule has 17 heavy (non-hydrogen) atoms. The van der Waals surface area contributed by atoms with Gasteiger partial charge in [0.25, 0.3) is 0 Å². The third kappa shape index (κ3) is 3.03. The summed E-state index contributed by atoms with van der Waals surface area (Å²) in [6.07, 6.45) is 0.558. The lowest BCUT2D eigenvalue weighted by Gasteiger charge is -2.13. The number of esters is 1. The van der Waals surface area contributed by atoms with Gasteiger partial charge in [0, 0.05) is 6.42 Å². The van der Waals surface area contributed by atoms with E-state index in [1.807, 2.05) is 0 Å². The van der Waals surface area contributed by atoms with Crippen molar-refractivity contribution in [3.63, 3.8) is 0 Å². The molecule has 5 heteroatoms. The normalized spacial score (nSPS) is 11.7.